The molecule has 16 heavy (non-hydrogen) atoms. The van der Waals surface area contributed by atoms with Crippen molar-refractivity contribution in [3.63, 3.8) is 0 Å². The molecule has 1 aliphatic rings. The molecular formula is C10H16N4O2. The minimum absolute atomic E-state index is 0.0892. The van der Waals surface area contributed by atoms with Gasteiger partial charge < -0.3 is 14.6 Å². The molecule has 0 aromatic carbocycles. The molecule has 1 aromatic rings. The van der Waals surface area contributed by atoms with E-state index < -0.39 is 0 Å². The predicted molar refractivity (Wildman–Crippen MR) is 56.5 cm³/mol. The fraction of sp³-hybridized carbons (Fsp3) is 0.700. The first-order valence-electron chi connectivity index (χ1n) is 5.39. The molecule has 0 amide bonds. The zero-order valence-corrected chi connectivity index (χ0v) is 9.51. The van der Waals surface area contributed by atoms with Gasteiger partial charge in [0.25, 0.3) is 0 Å². The van der Waals surface area contributed by atoms with Crippen LogP contribution in [0.25, 0.3) is 0 Å². The van der Waals surface area contributed by atoms with E-state index in [1.807, 2.05) is 11.6 Å². The lowest BCUT2D eigenvalue weighted by Crippen LogP contribution is -2.40. The maximum absolute atomic E-state index is 11.7. The summed E-state index contributed by atoms with van der Waals surface area (Å²) in [7, 11) is 3.30. The third-order valence-electron chi connectivity index (χ3n) is 2.99. The van der Waals surface area contributed by atoms with Gasteiger partial charge in [-0.3, -0.25) is 4.79 Å². The summed E-state index contributed by atoms with van der Waals surface area (Å²) in [5.74, 6) is 0.442. The quantitative estimate of drug-likeness (QED) is 0.718. The standard InChI is InChI=1S/C10H16N4O2/c1-14-6-12-13-9(14)8-7(10(15)16-2)4-3-5-11-8/h6-8,11H,3-5H2,1-2H3. The summed E-state index contributed by atoms with van der Waals surface area (Å²) in [4.78, 5) is 11.7. The van der Waals surface area contributed by atoms with Crippen molar-refractivity contribution in [2.75, 3.05) is 13.7 Å². The molecule has 6 heteroatoms. The van der Waals surface area contributed by atoms with Gasteiger partial charge in [-0.2, -0.15) is 0 Å². The van der Waals surface area contributed by atoms with E-state index in [0.717, 1.165) is 25.2 Å². The number of methoxy groups -OCH3 is 1. The maximum atomic E-state index is 11.7. The van der Waals surface area contributed by atoms with E-state index in [9.17, 15) is 4.79 Å². The van der Waals surface area contributed by atoms with Crippen LogP contribution < -0.4 is 5.32 Å². The largest absolute Gasteiger partial charge is 0.469 e. The summed E-state index contributed by atoms with van der Waals surface area (Å²) in [5.41, 5.74) is 0. The number of nitrogens with zero attached hydrogens (tertiary/aromatic N) is 3. The normalized spacial score (nSPS) is 25.4. The first kappa shape index (κ1) is 11.1. The van der Waals surface area contributed by atoms with Crippen molar-refractivity contribution in [2.45, 2.75) is 18.9 Å². The van der Waals surface area contributed by atoms with Crippen LogP contribution in [0.5, 0.6) is 0 Å². The molecule has 0 saturated carbocycles. The van der Waals surface area contributed by atoms with Gasteiger partial charge in [0, 0.05) is 7.05 Å². The number of hydrogen-bond acceptors (Lipinski definition) is 5. The number of carbonyl (C=O) groups excluding carboxylic acids is 1. The van der Waals surface area contributed by atoms with Crippen molar-refractivity contribution >= 4 is 5.97 Å². The molecule has 2 heterocycles. The SMILES string of the molecule is COC(=O)C1CCCNC1c1nncn1C. The zero-order chi connectivity index (χ0) is 11.5. The Labute approximate surface area is 94.0 Å². The minimum atomic E-state index is -0.180. The molecule has 88 valence electrons. The van der Waals surface area contributed by atoms with Crippen LogP contribution in [0.4, 0.5) is 0 Å². The van der Waals surface area contributed by atoms with Crippen LogP contribution in [0.15, 0.2) is 6.33 Å². The minimum Gasteiger partial charge on any atom is -0.469 e. The fourth-order valence-corrected chi connectivity index (χ4v) is 2.14. The summed E-state index contributed by atoms with van der Waals surface area (Å²) in [6.45, 7) is 0.894. The van der Waals surface area contributed by atoms with Gasteiger partial charge in [0.1, 0.15) is 6.33 Å². The van der Waals surface area contributed by atoms with Crippen LogP contribution in [0.1, 0.15) is 24.7 Å². The predicted octanol–water partition coefficient (Wildman–Crippen LogP) is 0.0288. The Morgan fingerprint density at radius 2 is 2.50 bits per heavy atom. The number of aryl methyl sites for hydroxylation is 1. The second kappa shape index (κ2) is 4.61. The van der Waals surface area contributed by atoms with Crippen LogP contribution in [-0.4, -0.2) is 34.4 Å². The van der Waals surface area contributed by atoms with Gasteiger partial charge in [0.15, 0.2) is 5.82 Å². The second-order valence-corrected chi connectivity index (χ2v) is 4.00. The Morgan fingerprint density at radius 3 is 3.12 bits per heavy atom. The van der Waals surface area contributed by atoms with Crippen LogP contribution in [0.2, 0.25) is 0 Å². The smallest absolute Gasteiger partial charge is 0.310 e. The third kappa shape index (κ3) is 1.92. The lowest BCUT2D eigenvalue weighted by molar-refractivity contribution is -0.147. The summed E-state index contributed by atoms with van der Waals surface area (Å²) in [5, 5.41) is 11.2. The number of piperidine rings is 1. The Hall–Kier alpha value is -1.43. The summed E-state index contributed by atoms with van der Waals surface area (Å²) in [6, 6.07) is -0.0892. The number of nitrogens with one attached hydrogen (secondary N) is 1. The fourth-order valence-electron chi connectivity index (χ4n) is 2.14. The lowest BCUT2D eigenvalue weighted by Gasteiger charge is -2.29. The van der Waals surface area contributed by atoms with E-state index in [0.29, 0.717) is 0 Å². The highest BCUT2D eigenvalue weighted by atomic mass is 16.5. The van der Waals surface area contributed by atoms with E-state index in [-0.39, 0.29) is 17.9 Å². The molecule has 0 spiro atoms. The maximum Gasteiger partial charge on any atom is 0.310 e. The van der Waals surface area contributed by atoms with Gasteiger partial charge in [-0.15, -0.1) is 10.2 Å². The summed E-state index contributed by atoms with van der Waals surface area (Å²) >= 11 is 0. The number of aromatic nitrogens is 3. The van der Waals surface area contributed by atoms with Crippen molar-refractivity contribution in [1.29, 1.82) is 0 Å². The topological polar surface area (TPSA) is 69.0 Å². The Kier molecular flexibility index (Phi) is 3.19. The number of rotatable bonds is 2. The molecule has 0 radical (unpaired) electrons. The lowest BCUT2D eigenvalue weighted by atomic mass is 9.90. The average Bonchev–Trinajstić information content (AvgIpc) is 2.74. The Balaban J connectivity index is 2.23. The third-order valence-corrected chi connectivity index (χ3v) is 2.99. The Bertz CT molecular complexity index is 377. The van der Waals surface area contributed by atoms with Crippen molar-refractivity contribution < 1.29 is 9.53 Å². The molecule has 6 nitrogen and oxygen atoms in total. The molecule has 2 atom stereocenters. The van der Waals surface area contributed by atoms with Gasteiger partial charge >= 0.3 is 5.97 Å². The van der Waals surface area contributed by atoms with E-state index in [1.165, 1.54) is 7.11 Å². The molecular weight excluding hydrogens is 208 g/mol. The van der Waals surface area contributed by atoms with Crippen LogP contribution in [0.3, 0.4) is 0 Å². The highest BCUT2D eigenvalue weighted by Gasteiger charge is 2.35. The average molecular weight is 224 g/mol. The van der Waals surface area contributed by atoms with E-state index in [2.05, 4.69) is 15.5 Å². The number of hydrogen-bond donors (Lipinski definition) is 1. The molecule has 1 aromatic heterocycles. The second-order valence-electron chi connectivity index (χ2n) is 4.00. The van der Waals surface area contributed by atoms with E-state index in [4.69, 9.17) is 4.74 Å². The van der Waals surface area contributed by atoms with Crippen LogP contribution in [-0.2, 0) is 16.6 Å². The molecule has 0 aliphatic carbocycles. The highest BCUT2D eigenvalue weighted by Crippen LogP contribution is 2.28. The number of esters is 1. The first-order chi connectivity index (χ1) is 7.74. The van der Waals surface area contributed by atoms with E-state index >= 15 is 0 Å². The number of carbonyl (C=O) groups is 1. The van der Waals surface area contributed by atoms with Crippen molar-refractivity contribution in [3.05, 3.63) is 12.2 Å². The van der Waals surface area contributed by atoms with E-state index in [1.54, 1.807) is 6.33 Å². The van der Waals surface area contributed by atoms with Crippen LogP contribution >= 0.6 is 0 Å². The molecule has 2 rings (SSSR count). The Morgan fingerprint density at radius 1 is 1.69 bits per heavy atom. The van der Waals surface area contributed by atoms with Gasteiger partial charge in [-0.1, -0.05) is 0 Å². The molecule has 1 aliphatic heterocycles. The monoisotopic (exact) mass is 224 g/mol. The summed E-state index contributed by atoms with van der Waals surface area (Å²) < 4.78 is 6.65. The van der Waals surface area contributed by atoms with Crippen molar-refractivity contribution in [3.8, 4) is 0 Å². The van der Waals surface area contributed by atoms with Gasteiger partial charge in [-0.25, -0.2) is 0 Å². The zero-order valence-electron chi connectivity index (χ0n) is 9.51. The van der Waals surface area contributed by atoms with Crippen LogP contribution in [0, 0.1) is 5.92 Å². The molecule has 2 unspecified atom stereocenters. The molecule has 1 fully saturated rings. The van der Waals surface area contributed by atoms with Gasteiger partial charge in [0.2, 0.25) is 0 Å². The molecule has 1 N–H and O–H groups in total. The van der Waals surface area contributed by atoms with Crippen molar-refractivity contribution in [1.82, 2.24) is 20.1 Å². The first-order valence-corrected chi connectivity index (χ1v) is 5.39. The number of ether oxygens (including phenoxy) is 1. The van der Waals surface area contributed by atoms with Gasteiger partial charge in [-0.05, 0) is 19.4 Å². The van der Waals surface area contributed by atoms with Crippen molar-refractivity contribution in [2.24, 2.45) is 13.0 Å². The molecule has 0 bridgehead atoms. The van der Waals surface area contributed by atoms with Gasteiger partial charge in [0.05, 0.1) is 19.1 Å². The summed E-state index contributed by atoms with van der Waals surface area (Å²) in [6.07, 6.45) is 3.45. The molecule has 1 saturated heterocycles. The highest BCUT2D eigenvalue weighted by molar-refractivity contribution is 5.73.